The van der Waals surface area contributed by atoms with Gasteiger partial charge in [-0.2, -0.15) is 0 Å². The van der Waals surface area contributed by atoms with E-state index in [1.165, 1.54) is 6.08 Å². The van der Waals surface area contributed by atoms with Crippen molar-refractivity contribution >= 4 is 12.0 Å². The van der Waals surface area contributed by atoms with Crippen LogP contribution in [0.1, 0.15) is 22.6 Å². The van der Waals surface area contributed by atoms with Gasteiger partial charge in [0.15, 0.2) is 0 Å². The molecule has 0 radical (unpaired) electrons. The van der Waals surface area contributed by atoms with Gasteiger partial charge in [-0.15, -0.1) is 5.10 Å². The standard InChI is InChI=1S/C30H25N3O5/c1-21-27(31-29(38-21)23-8-4-2-5-9-23)20-36-26-15-12-22(13-16-26)19-37-30-24(14-17-28(34)35)18-33(32-30)25-10-6-3-7-11-25/h2-18H,19-20H2,1H3,(H,34,35). The lowest BCUT2D eigenvalue weighted by Crippen LogP contribution is -2.00. The molecule has 0 spiro atoms. The summed E-state index contributed by atoms with van der Waals surface area (Å²) >= 11 is 0. The van der Waals surface area contributed by atoms with Crippen molar-refractivity contribution in [3.05, 3.63) is 120 Å². The Bertz CT molecular complexity index is 1540. The Morgan fingerprint density at radius 2 is 1.66 bits per heavy atom. The second-order valence-corrected chi connectivity index (χ2v) is 8.45. The third kappa shape index (κ3) is 5.99. The van der Waals surface area contributed by atoms with Gasteiger partial charge in [-0.1, -0.05) is 48.5 Å². The second-order valence-electron chi connectivity index (χ2n) is 8.45. The summed E-state index contributed by atoms with van der Waals surface area (Å²) in [6.45, 7) is 2.41. The highest BCUT2D eigenvalue weighted by atomic mass is 16.5. The first-order valence-electron chi connectivity index (χ1n) is 12.0. The van der Waals surface area contributed by atoms with Crippen LogP contribution in [0.5, 0.6) is 11.6 Å². The number of oxazole rings is 1. The number of carbonyl (C=O) groups is 1. The predicted octanol–water partition coefficient (Wildman–Crippen LogP) is 6.09. The molecule has 5 aromatic rings. The Morgan fingerprint density at radius 1 is 0.947 bits per heavy atom. The molecule has 190 valence electrons. The van der Waals surface area contributed by atoms with Gasteiger partial charge in [0, 0.05) is 17.8 Å². The summed E-state index contributed by atoms with van der Waals surface area (Å²) in [5, 5.41) is 13.5. The number of carboxylic acids is 1. The van der Waals surface area contributed by atoms with E-state index >= 15 is 0 Å². The Labute approximate surface area is 219 Å². The Kier molecular flexibility index (Phi) is 7.31. The molecule has 0 saturated heterocycles. The zero-order valence-corrected chi connectivity index (χ0v) is 20.7. The predicted molar refractivity (Wildman–Crippen MR) is 142 cm³/mol. The van der Waals surface area contributed by atoms with Crippen LogP contribution in [0.4, 0.5) is 0 Å². The van der Waals surface area contributed by atoms with Crippen molar-refractivity contribution in [2.24, 2.45) is 0 Å². The molecular formula is C30H25N3O5. The van der Waals surface area contributed by atoms with E-state index in [4.69, 9.17) is 19.0 Å². The fraction of sp³-hybridized carbons (Fsp3) is 0.100. The number of rotatable bonds is 10. The van der Waals surface area contributed by atoms with Crippen molar-refractivity contribution in [2.45, 2.75) is 20.1 Å². The minimum Gasteiger partial charge on any atom is -0.487 e. The minimum atomic E-state index is -1.05. The topological polar surface area (TPSA) is 99.6 Å². The monoisotopic (exact) mass is 507 g/mol. The zero-order chi connectivity index (χ0) is 26.3. The highest BCUT2D eigenvalue weighted by Gasteiger charge is 2.13. The van der Waals surface area contributed by atoms with E-state index in [9.17, 15) is 4.79 Å². The van der Waals surface area contributed by atoms with Gasteiger partial charge in [0.1, 0.15) is 30.4 Å². The van der Waals surface area contributed by atoms with Gasteiger partial charge in [0.2, 0.25) is 11.8 Å². The van der Waals surface area contributed by atoms with Crippen LogP contribution in [0, 0.1) is 6.92 Å². The average molecular weight is 508 g/mol. The molecule has 5 rings (SSSR count). The summed E-state index contributed by atoms with van der Waals surface area (Å²) in [4.78, 5) is 15.6. The van der Waals surface area contributed by atoms with Crippen LogP contribution in [0.3, 0.4) is 0 Å². The van der Waals surface area contributed by atoms with Crippen molar-refractivity contribution in [1.82, 2.24) is 14.8 Å². The van der Waals surface area contributed by atoms with E-state index in [0.29, 0.717) is 23.1 Å². The zero-order valence-electron chi connectivity index (χ0n) is 20.7. The van der Waals surface area contributed by atoms with Crippen LogP contribution in [0.25, 0.3) is 23.2 Å². The van der Waals surface area contributed by atoms with Crippen LogP contribution in [0.2, 0.25) is 0 Å². The van der Waals surface area contributed by atoms with Crippen LogP contribution in [-0.4, -0.2) is 25.8 Å². The number of hydrogen-bond acceptors (Lipinski definition) is 6. The van der Waals surface area contributed by atoms with Gasteiger partial charge in [0.05, 0.1) is 11.3 Å². The Balaban J connectivity index is 1.22. The largest absolute Gasteiger partial charge is 0.487 e. The van der Waals surface area contributed by atoms with Crippen LogP contribution in [-0.2, 0) is 18.0 Å². The van der Waals surface area contributed by atoms with Gasteiger partial charge in [-0.3, -0.25) is 0 Å². The summed E-state index contributed by atoms with van der Waals surface area (Å²) in [7, 11) is 0. The molecule has 0 aliphatic rings. The highest BCUT2D eigenvalue weighted by Crippen LogP contribution is 2.24. The highest BCUT2D eigenvalue weighted by molar-refractivity contribution is 5.85. The maximum atomic E-state index is 11.0. The van der Waals surface area contributed by atoms with E-state index in [0.717, 1.165) is 34.3 Å². The van der Waals surface area contributed by atoms with Crippen LogP contribution < -0.4 is 9.47 Å². The molecule has 0 fully saturated rings. The molecule has 0 aliphatic heterocycles. The normalized spacial score (nSPS) is 11.1. The third-order valence-corrected chi connectivity index (χ3v) is 5.72. The number of ether oxygens (including phenoxy) is 2. The van der Waals surface area contributed by atoms with Crippen molar-refractivity contribution in [2.75, 3.05) is 0 Å². The first-order chi connectivity index (χ1) is 18.5. The first-order valence-corrected chi connectivity index (χ1v) is 12.0. The molecule has 1 N–H and O–H groups in total. The van der Waals surface area contributed by atoms with Crippen LogP contribution in [0.15, 0.2) is 102 Å². The van der Waals surface area contributed by atoms with Crippen LogP contribution >= 0.6 is 0 Å². The quantitative estimate of drug-likeness (QED) is 0.228. The van der Waals surface area contributed by atoms with E-state index < -0.39 is 5.97 Å². The summed E-state index contributed by atoms with van der Waals surface area (Å²) in [6, 6.07) is 26.8. The van der Waals surface area contributed by atoms with Gasteiger partial charge in [-0.05, 0) is 55.0 Å². The maximum absolute atomic E-state index is 11.0. The smallest absolute Gasteiger partial charge is 0.328 e. The number of aryl methyl sites for hydroxylation is 1. The molecule has 0 aliphatic carbocycles. The molecule has 8 heteroatoms. The summed E-state index contributed by atoms with van der Waals surface area (Å²) < 4.78 is 19.3. The number of hydrogen-bond donors (Lipinski definition) is 1. The first kappa shape index (κ1) is 24.6. The number of benzene rings is 3. The van der Waals surface area contributed by atoms with Gasteiger partial charge < -0.3 is 19.0 Å². The Hall–Kier alpha value is -5.11. The molecule has 0 atom stereocenters. The SMILES string of the molecule is Cc1oc(-c2ccccc2)nc1COc1ccc(COc2nn(-c3ccccc3)cc2C=CC(=O)O)cc1. The minimum absolute atomic E-state index is 0.253. The number of para-hydroxylation sites is 1. The molecule has 0 unspecified atom stereocenters. The molecule has 2 aromatic heterocycles. The third-order valence-electron chi connectivity index (χ3n) is 5.72. The maximum Gasteiger partial charge on any atom is 0.328 e. The lowest BCUT2D eigenvalue weighted by Gasteiger charge is -2.07. The van der Waals surface area contributed by atoms with Crippen molar-refractivity contribution in [3.8, 4) is 28.8 Å². The lowest BCUT2D eigenvalue weighted by atomic mass is 10.2. The number of aromatic nitrogens is 3. The average Bonchev–Trinajstić information content (AvgIpc) is 3.54. The van der Waals surface area contributed by atoms with Crippen molar-refractivity contribution in [3.63, 3.8) is 0 Å². The fourth-order valence-electron chi connectivity index (χ4n) is 3.72. The van der Waals surface area contributed by atoms with Gasteiger partial charge in [-0.25, -0.2) is 14.5 Å². The van der Waals surface area contributed by atoms with E-state index in [2.05, 4.69) is 10.1 Å². The molecule has 8 nitrogen and oxygen atoms in total. The molecule has 0 bridgehead atoms. The Morgan fingerprint density at radius 3 is 2.37 bits per heavy atom. The summed E-state index contributed by atoms with van der Waals surface area (Å²) in [5.41, 5.74) is 3.97. The number of carboxylic acid groups (broad SMARTS) is 1. The molecule has 0 saturated carbocycles. The lowest BCUT2D eigenvalue weighted by molar-refractivity contribution is -0.131. The molecule has 38 heavy (non-hydrogen) atoms. The molecule has 0 amide bonds. The molecule has 3 aromatic carbocycles. The van der Waals surface area contributed by atoms with Gasteiger partial charge >= 0.3 is 5.97 Å². The van der Waals surface area contributed by atoms with Gasteiger partial charge in [0.25, 0.3) is 0 Å². The number of nitrogens with zero attached hydrogens (tertiary/aromatic N) is 3. The van der Waals surface area contributed by atoms with E-state index in [1.54, 1.807) is 10.9 Å². The summed E-state index contributed by atoms with van der Waals surface area (Å²) in [6.07, 6.45) is 4.26. The van der Waals surface area contributed by atoms with E-state index in [-0.39, 0.29) is 13.2 Å². The van der Waals surface area contributed by atoms with E-state index in [1.807, 2.05) is 91.9 Å². The fourth-order valence-corrected chi connectivity index (χ4v) is 3.72. The second kappa shape index (κ2) is 11.3. The summed E-state index contributed by atoms with van der Waals surface area (Å²) in [5.74, 6) is 1.27. The number of aliphatic carboxylic acids is 1. The van der Waals surface area contributed by atoms with Crippen molar-refractivity contribution < 1.29 is 23.8 Å². The van der Waals surface area contributed by atoms with Crippen molar-refractivity contribution in [1.29, 1.82) is 0 Å². The molecular weight excluding hydrogens is 482 g/mol. The molecule has 2 heterocycles.